The molecule has 0 spiro atoms. The number of amides is 4. The minimum Gasteiger partial charge on any atom is -0.493 e. The topological polar surface area (TPSA) is 106 Å². The Hall–Kier alpha value is -3.96. The van der Waals surface area contributed by atoms with Crippen molar-refractivity contribution < 1.29 is 41.8 Å². The van der Waals surface area contributed by atoms with Crippen LogP contribution in [0.2, 0.25) is 0 Å². The number of aryl methyl sites for hydroxylation is 1. The fourth-order valence-electron chi connectivity index (χ4n) is 3.67. The molecule has 2 N–H and O–H groups in total. The summed E-state index contributed by atoms with van der Waals surface area (Å²) in [5, 5.41) is 3.30. The van der Waals surface area contributed by atoms with E-state index in [-0.39, 0.29) is 35.8 Å². The monoisotopic (exact) mass is 495 g/mol. The number of hydrogen-bond acceptors (Lipinski definition) is 6. The second-order valence-corrected chi connectivity index (χ2v) is 7.59. The second kappa shape index (κ2) is 10.1. The molecule has 1 heterocycles. The van der Waals surface area contributed by atoms with E-state index in [2.05, 4.69) is 0 Å². The van der Waals surface area contributed by atoms with Gasteiger partial charge in [-0.25, -0.2) is 4.79 Å². The summed E-state index contributed by atoms with van der Waals surface area (Å²) in [5.41, 5.74) is -3.04. The molecule has 4 amide bonds. The summed E-state index contributed by atoms with van der Waals surface area (Å²) in [4.78, 5) is 38.6. The minimum atomic E-state index is -5.33. The van der Waals surface area contributed by atoms with Gasteiger partial charge in [0.25, 0.3) is 17.5 Å². The van der Waals surface area contributed by atoms with E-state index in [4.69, 9.17) is 14.2 Å². The average Bonchev–Trinajstić information content (AvgIpc) is 3.08. The number of carbonyl (C=O) groups excluding carboxylic acids is 3. The number of nitrogens with one attached hydrogen (secondary N) is 2. The number of urea groups is 1. The molecule has 2 aromatic carbocycles. The molecule has 1 aliphatic heterocycles. The third-order valence-electron chi connectivity index (χ3n) is 5.45. The zero-order chi connectivity index (χ0) is 25.8. The summed E-state index contributed by atoms with van der Waals surface area (Å²) < 4.78 is 57.8. The predicted molar refractivity (Wildman–Crippen MR) is 117 cm³/mol. The van der Waals surface area contributed by atoms with Crippen molar-refractivity contribution in [2.24, 2.45) is 0 Å². The van der Waals surface area contributed by atoms with Crippen molar-refractivity contribution in [3.05, 3.63) is 53.6 Å². The van der Waals surface area contributed by atoms with Gasteiger partial charge in [0.1, 0.15) is 0 Å². The summed E-state index contributed by atoms with van der Waals surface area (Å²) in [6.45, 7) is -0.266. The van der Waals surface area contributed by atoms with Crippen molar-refractivity contribution in [2.45, 2.75) is 24.7 Å². The van der Waals surface area contributed by atoms with Gasteiger partial charge in [0, 0.05) is 12.1 Å². The van der Waals surface area contributed by atoms with E-state index in [1.807, 2.05) is 18.2 Å². The number of rotatable bonds is 9. The smallest absolute Gasteiger partial charge is 0.440 e. The fraction of sp³-hybridized carbons (Fsp3) is 0.348. The lowest BCUT2D eigenvalue weighted by molar-refractivity contribution is -0.200. The molecule has 2 aromatic rings. The normalized spacial score (nSPS) is 17.7. The van der Waals surface area contributed by atoms with Crippen LogP contribution < -0.4 is 24.8 Å². The van der Waals surface area contributed by atoms with E-state index >= 15 is 0 Å². The molecule has 1 fully saturated rings. The Morgan fingerprint density at radius 2 is 1.63 bits per heavy atom. The van der Waals surface area contributed by atoms with Crippen LogP contribution in [-0.4, -0.2) is 62.5 Å². The Kier molecular flexibility index (Phi) is 7.42. The van der Waals surface area contributed by atoms with E-state index in [9.17, 15) is 27.6 Å². The van der Waals surface area contributed by atoms with Crippen molar-refractivity contribution in [2.75, 3.05) is 27.9 Å². The highest BCUT2D eigenvalue weighted by atomic mass is 19.4. The molecule has 1 saturated heterocycles. The van der Waals surface area contributed by atoms with E-state index in [0.717, 1.165) is 17.7 Å². The van der Waals surface area contributed by atoms with Crippen LogP contribution in [0.1, 0.15) is 22.3 Å². The summed E-state index contributed by atoms with van der Waals surface area (Å²) in [7, 11) is 3.85. The Labute approximate surface area is 199 Å². The Balaban J connectivity index is 1.85. The molecule has 0 aromatic heterocycles. The van der Waals surface area contributed by atoms with Crippen LogP contribution >= 0.6 is 0 Å². The quantitative estimate of drug-likeness (QED) is 0.519. The first-order chi connectivity index (χ1) is 16.6. The Morgan fingerprint density at radius 1 is 1.03 bits per heavy atom. The zero-order valence-electron chi connectivity index (χ0n) is 19.2. The minimum absolute atomic E-state index is 0.0161. The van der Waals surface area contributed by atoms with Gasteiger partial charge >= 0.3 is 12.2 Å². The number of hydrogen-bond donors (Lipinski definition) is 2. The molecular weight excluding hydrogens is 471 g/mol. The molecule has 3 rings (SSSR count). The van der Waals surface area contributed by atoms with Crippen LogP contribution in [0.5, 0.6) is 17.2 Å². The van der Waals surface area contributed by atoms with E-state index in [0.29, 0.717) is 11.3 Å². The molecule has 188 valence electrons. The Bertz CT molecular complexity index is 1080. The summed E-state index contributed by atoms with van der Waals surface area (Å²) in [6, 6.07) is 10.1. The van der Waals surface area contributed by atoms with Gasteiger partial charge < -0.3 is 19.5 Å². The molecule has 9 nitrogen and oxygen atoms in total. The fourth-order valence-corrected chi connectivity index (χ4v) is 3.67. The SMILES string of the molecule is COc1cc(C(=O)N[C@@]2(C(F)(F)F)NC(=O)N(CCCc3ccccc3)C2=O)cc(OC)c1OC. The molecular formula is C23H24F3N3O6. The van der Waals surface area contributed by atoms with Gasteiger partial charge in [0.2, 0.25) is 5.75 Å². The molecule has 1 atom stereocenters. The predicted octanol–water partition coefficient (Wildman–Crippen LogP) is 2.89. The molecule has 35 heavy (non-hydrogen) atoms. The number of ether oxygens (including phenoxy) is 3. The summed E-state index contributed by atoms with van der Waals surface area (Å²) >= 11 is 0. The van der Waals surface area contributed by atoms with Gasteiger partial charge in [-0.15, -0.1) is 0 Å². The summed E-state index contributed by atoms with van der Waals surface area (Å²) in [5.74, 6) is -2.76. The van der Waals surface area contributed by atoms with Crippen molar-refractivity contribution >= 4 is 17.8 Å². The number of benzene rings is 2. The van der Waals surface area contributed by atoms with Crippen molar-refractivity contribution in [1.29, 1.82) is 0 Å². The standard InChI is InChI=1S/C23H24F3N3O6/c1-33-16-12-15(13-17(34-2)18(16)35-3)19(30)27-22(23(24,25)26)20(31)29(21(32)28-22)11-7-10-14-8-5-4-6-9-14/h4-6,8-9,12-13H,7,10-11H2,1-3H3,(H,27,30)(H,28,32)/t22-/m1/s1. The maximum absolute atomic E-state index is 14.1. The van der Waals surface area contributed by atoms with Crippen LogP contribution in [0.4, 0.5) is 18.0 Å². The number of carbonyl (C=O) groups is 3. The third-order valence-corrected chi connectivity index (χ3v) is 5.45. The van der Waals surface area contributed by atoms with E-state index in [1.54, 1.807) is 22.8 Å². The number of methoxy groups -OCH3 is 3. The van der Waals surface area contributed by atoms with Gasteiger partial charge in [-0.3, -0.25) is 19.8 Å². The number of alkyl halides is 3. The maximum atomic E-state index is 14.1. The number of halogens is 3. The highest BCUT2D eigenvalue weighted by Gasteiger charge is 2.68. The highest BCUT2D eigenvalue weighted by molar-refractivity contribution is 6.10. The van der Waals surface area contributed by atoms with Crippen LogP contribution in [0.25, 0.3) is 0 Å². The van der Waals surface area contributed by atoms with Crippen LogP contribution in [-0.2, 0) is 11.2 Å². The maximum Gasteiger partial charge on any atom is 0.440 e. The van der Waals surface area contributed by atoms with Gasteiger partial charge in [-0.05, 0) is 30.5 Å². The van der Waals surface area contributed by atoms with Crippen LogP contribution in [0.15, 0.2) is 42.5 Å². The molecule has 0 radical (unpaired) electrons. The first kappa shape index (κ1) is 25.7. The van der Waals surface area contributed by atoms with Crippen molar-refractivity contribution in [3.8, 4) is 17.2 Å². The van der Waals surface area contributed by atoms with Gasteiger partial charge in [0.05, 0.1) is 21.3 Å². The number of nitrogens with zero attached hydrogens (tertiary/aromatic N) is 1. The second-order valence-electron chi connectivity index (χ2n) is 7.59. The molecule has 0 unspecified atom stereocenters. The van der Waals surface area contributed by atoms with Crippen LogP contribution in [0.3, 0.4) is 0 Å². The molecule has 0 saturated carbocycles. The summed E-state index contributed by atoms with van der Waals surface area (Å²) in [6.07, 6.45) is -4.66. The lowest BCUT2D eigenvalue weighted by Crippen LogP contribution is -2.69. The molecule has 1 aliphatic rings. The van der Waals surface area contributed by atoms with Crippen molar-refractivity contribution in [3.63, 3.8) is 0 Å². The van der Waals surface area contributed by atoms with E-state index in [1.165, 1.54) is 21.3 Å². The van der Waals surface area contributed by atoms with E-state index < -0.39 is 29.7 Å². The lowest BCUT2D eigenvalue weighted by atomic mass is 10.1. The Morgan fingerprint density at radius 3 is 2.14 bits per heavy atom. The first-order valence-electron chi connectivity index (χ1n) is 10.4. The van der Waals surface area contributed by atoms with Crippen molar-refractivity contribution in [1.82, 2.24) is 15.5 Å². The van der Waals surface area contributed by atoms with Gasteiger partial charge in [0.15, 0.2) is 11.5 Å². The first-order valence-corrected chi connectivity index (χ1v) is 10.4. The highest BCUT2D eigenvalue weighted by Crippen LogP contribution is 2.39. The molecule has 0 aliphatic carbocycles. The molecule has 12 heteroatoms. The number of imide groups is 1. The van der Waals surface area contributed by atoms with Gasteiger partial charge in [-0.2, -0.15) is 13.2 Å². The zero-order valence-corrected chi connectivity index (χ0v) is 19.2. The largest absolute Gasteiger partial charge is 0.493 e. The van der Waals surface area contributed by atoms with Gasteiger partial charge in [-0.1, -0.05) is 30.3 Å². The lowest BCUT2D eigenvalue weighted by Gasteiger charge is -2.30. The average molecular weight is 495 g/mol. The molecule has 0 bridgehead atoms. The third kappa shape index (κ3) is 4.96. The van der Waals surface area contributed by atoms with Crippen LogP contribution in [0, 0.1) is 0 Å².